The molecule has 5 nitrogen and oxygen atoms in total. The highest BCUT2D eigenvalue weighted by atomic mass is 16.4. The summed E-state index contributed by atoms with van der Waals surface area (Å²) in [5, 5.41) is 13.0. The largest absolute Gasteiger partial charge is 0.480 e. The third-order valence-corrected chi connectivity index (χ3v) is 4.64. The van der Waals surface area contributed by atoms with Crippen LogP contribution in [0.1, 0.15) is 49.5 Å². The lowest BCUT2D eigenvalue weighted by Gasteiger charge is -2.26. The van der Waals surface area contributed by atoms with Crippen molar-refractivity contribution in [2.45, 2.75) is 63.6 Å². The Bertz CT molecular complexity index is 507. The van der Waals surface area contributed by atoms with Gasteiger partial charge < -0.3 is 9.67 Å². The van der Waals surface area contributed by atoms with Gasteiger partial charge in [0.15, 0.2) is 0 Å². The first-order valence-corrected chi connectivity index (χ1v) is 7.03. The average molecular weight is 263 g/mol. The first-order chi connectivity index (χ1) is 9.02. The van der Waals surface area contributed by atoms with Gasteiger partial charge in [-0.3, -0.25) is 10.1 Å². The molecule has 104 valence electrons. The molecule has 1 heterocycles. The lowest BCUT2D eigenvalue weighted by Crippen LogP contribution is -2.51. The van der Waals surface area contributed by atoms with E-state index in [0.717, 1.165) is 30.7 Å². The summed E-state index contributed by atoms with van der Waals surface area (Å²) in [6.45, 7) is 4.05. The normalized spacial score (nSPS) is 30.7. The Hall–Kier alpha value is -1.36. The lowest BCUT2D eigenvalue weighted by atomic mass is 9.97. The van der Waals surface area contributed by atoms with Gasteiger partial charge in [0.05, 0.1) is 12.0 Å². The van der Waals surface area contributed by atoms with Crippen LogP contribution in [0.4, 0.5) is 0 Å². The fourth-order valence-corrected chi connectivity index (χ4v) is 3.15. The zero-order valence-electron chi connectivity index (χ0n) is 11.5. The van der Waals surface area contributed by atoms with Gasteiger partial charge in [-0.25, -0.2) is 4.98 Å². The number of carboxylic acids is 1. The van der Waals surface area contributed by atoms with E-state index in [1.54, 1.807) is 0 Å². The fourth-order valence-electron chi connectivity index (χ4n) is 3.15. The first kappa shape index (κ1) is 12.7. The van der Waals surface area contributed by atoms with Crippen LogP contribution >= 0.6 is 0 Å². The molecular weight excluding hydrogens is 242 g/mol. The van der Waals surface area contributed by atoms with E-state index in [-0.39, 0.29) is 6.04 Å². The summed E-state index contributed by atoms with van der Waals surface area (Å²) in [7, 11) is 0. The third-order valence-electron chi connectivity index (χ3n) is 4.64. The SMILES string of the molecule is Cc1ncn(C2CCC(NC3CC3)(C(=O)O)C2)c1C. The fraction of sp³-hybridized carbons (Fsp3) is 0.714. The molecule has 0 bridgehead atoms. The van der Waals surface area contributed by atoms with Crippen LogP contribution in [0, 0.1) is 13.8 Å². The summed E-state index contributed by atoms with van der Waals surface area (Å²) < 4.78 is 2.15. The number of nitrogens with zero attached hydrogens (tertiary/aromatic N) is 2. The number of aromatic nitrogens is 2. The Morgan fingerprint density at radius 3 is 2.74 bits per heavy atom. The molecule has 1 aromatic heterocycles. The molecule has 3 rings (SSSR count). The lowest BCUT2D eigenvalue weighted by molar-refractivity contribution is -0.144. The molecule has 2 aliphatic carbocycles. The van der Waals surface area contributed by atoms with Crippen molar-refractivity contribution in [1.82, 2.24) is 14.9 Å². The zero-order valence-corrected chi connectivity index (χ0v) is 11.5. The van der Waals surface area contributed by atoms with Gasteiger partial charge in [0, 0.05) is 17.8 Å². The molecule has 0 aromatic carbocycles. The molecule has 0 amide bonds. The van der Waals surface area contributed by atoms with Gasteiger partial charge in [-0.15, -0.1) is 0 Å². The molecule has 1 aromatic rings. The van der Waals surface area contributed by atoms with Gasteiger partial charge in [0.2, 0.25) is 0 Å². The van der Waals surface area contributed by atoms with Crippen molar-refractivity contribution in [2.24, 2.45) is 0 Å². The quantitative estimate of drug-likeness (QED) is 0.869. The van der Waals surface area contributed by atoms with Gasteiger partial charge in [0.1, 0.15) is 5.54 Å². The van der Waals surface area contributed by atoms with Gasteiger partial charge in [-0.2, -0.15) is 0 Å². The van der Waals surface area contributed by atoms with Crippen LogP contribution in [0.2, 0.25) is 0 Å². The van der Waals surface area contributed by atoms with Crippen molar-refractivity contribution >= 4 is 5.97 Å². The van der Waals surface area contributed by atoms with Crippen LogP contribution in [-0.2, 0) is 4.79 Å². The summed E-state index contributed by atoms with van der Waals surface area (Å²) >= 11 is 0. The predicted octanol–water partition coefficient (Wildman–Crippen LogP) is 1.80. The standard InChI is InChI=1S/C14H21N3O2/c1-9-10(2)17(8-15-9)12-5-6-14(7-12,13(18)19)16-11-3-4-11/h8,11-12,16H,3-7H2,1-2H3,(H,18,19). The highest BCUT2D eigenvalue weighted by Crippen LogP contribution is 2.40. The maximum atomic E-state index is 11.7. The number of aliphatic carboxylic acids is 1. The van der Waals surface area contributed by atoms with Crippen LogP contribution in [0.5, 0.6) is 0 Å². The summed E-state index contributed by atoms with van der Waals surface area (Å²) in [4.78, 5) is 16.0. The molecule has 2 aliphatic rings. The van der Waals surface area contributed by atoms with Crippen LogP contribution in [0.15, 0.2) is 6.33 Å². The molecular formula is C14H21N3O2. The topological polar surface area (TPSA) is 67.2 Å². The van der Waals surface area contributed by atoms with E-state index in [1.807, 2.05) is 13.3 Å². The highest BCUT2D eigenvalue weighted by Gasteiger charge is 2.48. The number of aryl methyl sites for hydroxylation is 1. The number of rotatable bonds is 4. The van der Waals surface area contributed by atoms with E-state index in [2.05, 4.69) is 21.8 Å². The van der Waals surface area contributed by atoms with Crippen molar-refractivity contribution in [1.29, 1.82) is 0 Å². The van der Waals surface area contributed by atoms with Gasteiger partial charge in [0.25, 0.3) is 0 Å². The summed E-state index contributed by atoms with van der Waals surface area (Å²) in [6, 6.07) is 0.670. The maximum absolute atomic E-state index is 11.7. The van der Waals surface area contributed by atoms with E-state index in [4.69, 9.17) is 0 Å². The van der Waals surface area contributed by atoms with E-state index in [0.29, 0.717) is 18.9 Å². The summed E-state index contributed by atoms with van der Waals surface area (Å²) in [6.07, 6.45) is 6.36. The van der Waals surface area contributed by atoms with Crippen molar-refractivity contribution in [3.05, 3.63) is 17.7 Å². The average Bonchev–Trinajstić information content (AvgIpc) is 2.97. The van der Waals surface area contributed by atoms with Crippen molar-refractivity contribution in [3.8, 4) is 0 Å². The van der Waals surface area contributed by atoms with Crippen LogP contribution < -0.4 is 5.32 Å². The van der Waals surface area contributed by atoms with Crippen LogP contribution in [0.25, 0.3) is 0 Å². The third kappa shape index (κ3) is 2.16. The van der Waals surface area contributed by atoms with Crippen molar-refractivity contribution in [2.75, 3.05) is 0 Å². The molecule has 0 radical (unpaired) electrons. The van der Waals surface area contributed by atoms with Crippen LogP contribution in [-0.4, -0.2) is 32.2 Å². The Morgan fingerprint density at radius 1 is 1.47 bits per heavy atom. The van der Waals surface area contributed by atoms with Gasteiger partial charge in [-0.1, -0.05) is 0 Å². The second-order valence-electron chi connectivity index (χ2n) is 6.03. The van der Waals surface area contributed by atoms with Crippen molar-refractivity contribution < 1.29 is 9.90 Å². The summed E-state index contributed by atoms with van der Waals surface area (Å²) in [5.74, 6) is -0.698. The molecule has 2 unspecified atom stereocenters. The molecule has 2 saturated carbocycles. The minimum Gasteiger partial charge on any atom is -0.480 e. The number of hydrogen-bond donors (Lipinski definition) is 2. The molecule has 0 aliphatic heterocycles. The smallest absolute Gasteiger partial charge is 0.323 e. The van der Waals surface area contributed by atoms with E-state index < -0.39 is 11.5 Å². The first-order valence-electron chi connectivity index (χ1n) is 7.03. The predicted molar refractivity (Wildman–Crippen MR) is 71.1 cm³/mol. The van der Waals surface area contributed by atoms with E-state index >= 15 is 0 Å². The Balaban J connectivity index is 1.80. The maximum Gasteiger partial charge on any atom is 0.323 e. The molecule has 0 saturated heterocycles. The minimum atomic E-state index is -0.726. The second kappa shape index (κ2) is 4.34. The molecule has 2 N–H and O–H groups in total. The Labute approximate surface area is 113 Å². The van der Waals surface area contributed by atoms with E-state index in [1.165, 1.54) is 0 Å². The second-order valence-corrected chi connectivity index (χ2v) is 6.03. The molecule has 2 atom stereocenters. The number of hydrogen-bond acceptors (Lipinski definition) is 3. The molecule has 5 heteroatoms. The van der Waals surface area contributed by atoms with Crippen molar-refractivity contribution in [3.63, 3.8) is 0 Å². The number of carbonyl (C=O) groups is 1. The summed E-state index contributed by atoms with van der Waals surface area (Å²) in [5.41, 5.74) is 1.46. The highest BCUT2D eigenvalue weighted by molar-refractivity contribution is 5.79. The Kier molecular flexibility index (Phi) is 2.89. The minimum absolute atomic E-state index is 0.253. The number of carboxylic acid groups (broad SMARTS) is 1. The molecule has 19 heavy (non-hydrogen) atoms. The van der Waals surface area contributed by atoms with Gasteiger partial charge in [-0.05, 0) is 46.0 Å². The number of nitrogens with one attached hydrogen (secondary N) is 1. The zero-order chi connectivity index (χ0) is 13.6. The monoisotopic (exact) mass is 263 g/mol. The van der Waals surface area contributed by atoms with E-state index in [9.17, 15) is 9.90 Å². The molecule has 0 spiro atoms. The number of imidazole rings is 1. The van der Waals surface area contributed by atoms with Crippen LogP contribution in [0.3, 0.4) is 0 Å². The Morgan fingerprint density at radius 2 is 2.21 bits per heavy atom. The molecule has 2 fully saturated rings. The van der Waals surface area contributed by atoms with Gasteiger partial charge >= 0.3 is 5.97 Å².